The van der Waals surface area contributed by atoms with Crippen molar-refractivity contribution >= 4 is 12.1 Å². The summed E-state index contributed by atoms with van der Waals surface area (Å²) in [5.74, 6) is -0.367. The molecule has 0 aromatic carbocycles. The number of nitrogens with zero attached hydrogens (tertiary/aromatic N) is 1. The number of carbonyl (C=O) groups is 2. The molecule has 1 rings (SSSR count). The molecule has 0 amide bonds. The van der Waals surface area contributed by atoms with Crippen LogP contribution in [0.2, 0.25) is 0 Å². The zero-order chi connectivity index (χ0) is 20.6. The average Bonchev–Trinajstić information content (AvgIpc) is 3.16. The highest BCUT2D eigenvalue weighted by molar-refractivity contribution is 5.69. The largest absolute Gasteiger partial charge is 0.508 e. The molecule has 0 saturated carbocycles. The van der Waals surface area contributed by atoms with Crippen molar-refractivity contribution in [2.75, 3.05) is 26.2 Å². The van der Waals surface area contributed by atoms with E-state index in [-0.39, 0.29) is 18.5 Å². The van der Waals surface area contributed by atoms with Crippen LogP contribution in [0.3, 0.4) is 0 Å². The number of hydrogen-bond acceptors (Lipinski definition) is 6. The van der Waals surface area contributed by atoms with Gasteiger partial charge in [0.2, 0.25) is 0 Å². The van der Waals surface area contributed by atoms with Crippen LogP contribution < -0.4 is 0 Å². The van der Waals surface area contributed by atoms with Gasteiger partial charge in [0.05, 0.1) is 6.61 Å². The Hall–Kier alpha value is -1.30. The second-order valence-corrected chi connectivity index (χ2v) is 7.59. The fourth-order valence-corrected chi connectivity index (χ4v) is 3.38. The molecule has 1 fully saturated rings. The Labute approximate surface area is 171 Å². The third kappa shape index (κ3) is 13.0. The molecule has 1 atom stereocenters. The monoisotopic (exact) mass is 397 g/mol. The molecule has 0 aliphatic carbocycles. The Bertz CT molecular complexity index is 421. The topological polar surface area (TPSA) is 65.1 Å². The summed E-state index contributed by atoms with van der Waals surface area (Å²) in [4.78, 5) is 26.1. The molecule has 6 heteroatoms. The van der Waals surface area contributed by atoms with Crippen LogP contribution in [0.15, 0.2) is 0 Å². The van der Waals surface area contributed by atoms with E-state index in [0.717, 1.165) is 45.3 Å². The van der Waals surface area contributed by atoms with E-state index in [2.05, 4.69) is 25.7 Å². The highest BCUT2D eigenvalue weighted by atomic mass is 16.7. The Balaban J connectivity index is 2.27. The summed E-state index contributed by atoms with van der Waals surface area (Å²) < 4.78 is 15.6. The van der Waals surface area contributed by atoms with E-state index in [0.29, 0.717) is 13.0 Å². The molecule has 0 spiro atoms. The molecule has 1 heterocycles. The van der Waals surface area contributed by atoms with Crippen molar-refractivity contribution in [3.05, 3.63) is 13.8 Å². The average molecular weight is 398 g/mol. The first kappa shape index (κ1) is 24.7. The molecule has 2 radical (unpaired) electrons. The molecule has 6 nitrogen and oxygen atoms in total. The highest BCUT2D eigenvalue weighted by Gasteiger charge is 2.18. The molecule has 1 unspecified atom stereocenters. The zero-order valence-electron chi connectivity index (χ0n) is 17.7. The van der Waals surface area contributed by atoms with Gasteiger partial charge in [0, 0.05) is 13.0 Å². The Morgan fingerprint density at radius 2 is 1.68 bits per heavy atom. The van der Waals surface area contributed by atoms with Crippen molar-refractivity contribution in [3.8, 4) is 0 Å². The molecule has 0 N–H and O–H groups in total. The maximum Gasteiger partial charge on any atom is 0.508 e. The predicted molar refractivity (Wildman–Crippen MR) is 110 cm³/mol. The Morgan fingerprint density at radius 3 is 2.36 bits per heavy atom. The molecular weight excluding hydrogens is 358 g/mol. The molecule has 1 aliphatic heterocycles. The molecule has 1 aliphatic rings. The van der Waals surface area contributed by atoms with Gasteiger partial charge in [0.1, 0.15) is 12.2 Å². The summed E-state index contributed by atoms with van der Waals surface area (Å²) in [6.07, 6.45) is 8.74. The second-order valence-electron chi connectivity index (χ2n) is 7.59. The lowest BCUT2D eigenvalue weighted by atomic mass is 10.0. The van der Waals surface area contributed by atoms with Crippen LogP contribution in [0, 0.1) is 13.8 Å². The molecule has 0 bridgehead atoms. The van der Waals surface area contributed by atoms with Crippen LogP contribution in [0.1, 0.15) is 77.6 Å². The van der Waals surface area contributed by atoms with Gasteiger partial charge in [-0.15, -0.1) is 0 Å². The van der Waals surface area contributed by atoms with Gasteiger partial charge < -0.3 is 19.1 Å². The predicted octanol–water partition coefficient (Wildman–Crippen LogP) is 4.71. The third-order valence-electron chi connectivity index (χ3n) is 4.90. The maximum absolute atomic E-state index is 12.0. The van der Waals surface area contributed by atoms with E-state index >= 15 is 0 Å². The van der Waals surface area contributed by atoms with Crippen LogP contribution >= 0.6 is 0 Å². The van der Waals surface area contributed by atoms with Gasteiger partial charge in [0.15, 0.2) is 0 Å². The number of ether oxygens (including phenoxy) is 3. The second kappa shape index (κ2) is 15.6. The zero-order valence-corrected chi connectivity index (χ0v) is 17.7. The maximum atomic E-state index is 12.0. The van der Waals surface area contributed by atoms with Gasteiger partial charge in [-0.05, 0) is 65.5 Å². The SMILES string of the molecule is [CH2]C([CH2])OC(=O)CCC(CCCCCCC)OC(=O)OCCCN1CCCC1. The van der Waals surface area contributed by atoms with Crippen LogP contribution in [0.25, 0.3) is 0 Å². The van der Waals surface area contributed by atoms with Crippen molar-refractivity contribution < 1.29 is 23.8 Å². The van der Waals surface area contributed by atoms with Crippen molar-refractivity contribution in [2.24, 2.45) is 0 Å². The van der Waals surface area contributed by atoms with Crippen molar-refractivity contribution in [1.82, 2.24) is 4.90 Å². The van der Waals surface area contributed by atoms with Crippen molar-refractivity contribution in [3.63, 3.8) is 0 Å². The minimum absolute atomic E-state index is 0.184. The van der Waals surface area contributed by atoms with Crippen LogP contribution in [-0.4, -0.2) is 55.5 Å². The fraction of sp³-hybridized carbons (Fsp3) is 0.818. The smallest absolute Gasteiger partial charge is 0.462 e. The summed E-state index contributed by atoms with van der Waals surface area (Å²) in [5, 5.41) is 0. The first-order chi connectivity index (χ1) is 13.5. The van der Waals surface area contributed by atoms with E-state index in [4.69, 9.17) is 14.2 Å². The van der Waals surface area contributed by atoms with Gasteiger partial charge in [-0.25, -0.2) is 4.79 Å². The van der Waals surface area contributed by atoms with Crippen molar-refractivity contribution in [1.29, 1.82) is 0 Å². The summed E-state index contributed by atoms with van der Waals surface area (Å²) in [6, 6.07) is 0. The normalized spacial score (nSPS) is 15.6. The quantitative estimate of drug-likeness (QED) is 0.294. The number of rotatable bonds is 15. The van der Waals surface area contributed by atoms with Gasteiger partial charge in [0.25, 0.3) is 0 Å². The Kier molecular flexibility index (Phi) is 13.8. The first-order valence-electron chi connectivity index (χ1n) is 10.9. The molecule has 162 valence electrons. The molecular formula is C22H39NO5. The van der Waals surface area contributed by atoms with Gasteiger partial charge in [-0.1, -0.05) is 32.6 Å². The van der Waals surface area contributed by atoms with Crippen LogP contribution in [0.4, 0.5) is 4.79 Å². The third-order valence-corrected chi connectivity index (χ3v) is 4.90. The molecule has 1 saturated heterocycles. The lowest BCUT2D eigenvalue weighted by molar-refractivity contribution is -0.146. The summed E-state index contributed by atoms with van der Waals surface area (Å²) in [7, 11) is 0. The van der Waals surface area contributed by atoms with Crippen molar-refractivity contribution in [2.45, 2.75) is 89.8 Å². The van der Waals surface area contributed by atoms with E-state index in [1.54, 1.807) is 0 Å². The molecule has 28 heavy (non-hydrogen) atoms. The van der Waals surface area contributed by atoms with Gasteiger partial charge >= 0.3 is 12.1 Å². The first-order valence-corrected chi connectivity index (χ1v) is 10.9. The van der Waals surface area contributed by atoms with Crippen LogP contribution in [0.5, 0.6) is 0 Å². The van der Waals surface area contributed by atoms with Crippen LogP contribution in [-0.2, 0) is 19.0 Å². The lowest BCUT2D eigenvalue weighted by Crippen LogP contribution is -2.24. The lowest BCUT2D eigenvalue weighted by Gasteiger charge is -2.18. The molecule has 0 aromatic rings. The van der Waals surface area contributed by atoms with E-state index < -0.39 is 12.3 Å². The van der Waals surface area contributed by atoms with E-state index in [1.807, 2.05) is 0 Å². The van der Waals surface area contributed by atoms with E-state index in [9.17, 15) is 9.59 Å². The summed E-state index contributed by atoms with van der Waals surface area (Å²) >= 11 is 0. The van der Waals surface area contributed by atoms with E-state index in [1.165, 1.54) is 32.1 Å². The number of likely N-dealkylation sites (tertiary alicyclic amines) is 1. The highest BCUT2D eigenvalue weighted by Crippen LogP contribution is 2.15. The number of esters is 1. The summed E-state index contributed by atoms with van der Waals surface area (Å²) in [6.45, 7) is 12.9. The Morgan fingerprint density at radius 1 is 0.964 bits per heavy atom. The van der Waals surface area contributed by atoms with Gasteiger partial charge in [-0.2, -0.15) is 0 Å². The van der Waals surface area contributed by atoms with Gasteiger partial charge in [-0.3, -0.25) is 4.79 Å². The number of carbonyl (C=O) groups excluding carboxylic acids is 2. The fourth-order valence-electron chi connectivity index (χ4n) is 3.38. The standard InChI is InChI=1S/C22H39NO5/c1-4-5-6-7-8-12-20(13-14-21(24)27-19(2)3)28-22(25)26-18-11-17-23-15-9-10-16-23/h19-20H,2-18H2,1H3. The number of unbranched alkanes of at least 4 members (excludes halogenated alkanes) is 4. The minimum Gasteiger partial charge on any atom is -0.462 e. The minimum atomic E-state index is -0.638. The number of hydrogen-bond donors (Lipinski definition) is 0. The summed E-state index contributed by atoms with van der Waals surface area (Å²) in [5.41, 5.74) is 0. The molecule has 0 aromatic heterocycles.